The Kier molecular flexibility index (Phi) is 1.73. The van der Waals surface area contributed by atoms with Gasteiger partial charge in [0.2, 0.25) is 5.03 Å². The molecule has 0 aliphatic carbocycles. The van der Waals surface area contributed by atoms with Crippen molar-refractivity contribution in [2.24, 2.45) is 0 Å². The van der Waals surface area contributed by atoms with Gasteiger partial charge in [-0.25, -0.2) is 0 Å². The lowest BCUT2D eigenvalue weighted by atomic mass is 10.3. The van der Waals surface area contributed by atoms with Crippen molar-refractivity contribution in [2.45, 2.75) is 18.9 Å². The molecule has 0 bridgehead atoms. The smallest absolute Gasteiger partial charge is 0.315 e. The van der Waals surface area contributed by atoms with E-state index in [4.69, 9.17) is 4.55 Å². The van der Waals surface area contributed by atoms with Crippen molar-refractivity contribution in [3.63, 3.8) is 0 Å². The molecule has 0 unspecified atom stereocenters. The third-order valence-electron chi connectivity index (χ3n) is 1.36. The quantitative estimate of drug-likeness (QED) is 0.633. The zero-order valence-corrected chi connectivity index (χ0v) is 6.84. The van der Waals surface area contributed by atoms with Crippen LogP contribution in [0, 0.1) is 13.8 Å². The summed E-state index contributed by atoms with van der Waals surface area (Å²) in [4.78, 5) is 0. The third kappa shape index (κ3) is 1.41. The van der Waals surface area contributed by atoms with Gasteiger partial charge >= 0.3 is 10.1 Å². The number of aryl methyl sites for hydroxylation is 1. The third-order valence-corrected chi connectivity index (χ3v) is 2.23. The van der Waals surface area contributed by atoms with Gasteiger partial charge < -0.3 is 4.52 Å². The van der Waals surface area contributed by atoms with E-state index in [9.17, 15) is 8.42 Å². The molecule has 1 heterocycles. The monoisotopic (exact) mass is 177 g/mol. The molecule has 1 rings (SSSR count). The second-order valence-corrected chi connectivity index (χ2v) is 3.48. The topological polar surface area (TPSA) is 80.4 Å². The largest absolute Gasteiger partial charge is 0.360 e. The minimum atomic E-state index is -4.22. The summed E-state index contributed by atoms with van der Waals surface area (Å²) in [7, 11) is -4.22. The van der Waals surface area contributed by atoms with Gasteiger partial charge in [-0.2, -0.15) is 8.42 Å². The van der Waals surface area contributed by atoms with Gasteiger partial charge in [0, 0.05) is 5.56 Å². The molecule has 1 aromatic rings. The Bertz CT molecular complexity index is 364. The maximum atomic E-state index is 10.5. The van der Waals surface area contributed by atoms with Crippen LogP contribution >= 0.6 is 0 Å². The van der Waals surface area contributed by atoms with E-state index in [2.05, 4.69) is 9.68 Å². The fraction of sp³-hybridized carbons (Fsp3) is 0.400. The average Bonchev–Trinajstić information content (AvgIpc) is 2.11. The van der Waals surface area contributed by atoms with Gasteiger partial charge in [-0.05, 0) is 13.8 Å². The van der Waals surface area contributed by atoms with Crippen LogP contribution in [0.15, 0.2) is 9.55 Å². The highest BCUT2D eigenvalue weighted by atomic mass is 32.2. The standard InChI is InChI=1S/C5H7NO4S/c1-3-4(2)10-6-5(3)11(7,8)9/h1-2H3,(H,7,8,9). The van der Waals surface area contributed by atoms with Gasteiger partial charge in [-0.15, -0.1) is 0 Å². The summed E-state index contributed by atoms with van der Waals surface area (Å²) < 4.78 is 34.1. The van der Waals surface area contributed by atoms with Crippen molar-refractivity contribution in [1.29, 1.82) is 0 Å². The molecule has 62 valence electrons. The van der Waals surface area contributed by atoms with E-state index in [0.29, 0.717) is 11.3 Å². The summed E-state index contributed by atoms with van der Waals surface area (Å²) in [5.74, 6) is 0.387. The van der Waals surface area contributed by atoms with Crippen LogP contribution in [0.5, 0.6) is 0 Å². The molecule has 0 saturated carbocycles. The molecule has 0 aliphatic heterocycles. The zero-order valence-electron chi connectivity index (χ0n) is 6.03. The molecule has 0 aromatic carbocycles. The number of rotatable bonds is 1. The summed E-state index contributed by atoms with van der Waals surface area (Å²) in [5, 5.41) is 2.77. The van der Waals surface area contributed by atoms with Crippen LogP contribution in [0.4, 0.5) is 0 Å². The molecule has 0 spiro atoms. The molecule has 0 fully saturated rings. The minimum Gasteiger partial charge on any atom is -0.360 e. The molecule has 0 amide bonds. The van der Waals surface area contributed by atoms with Crippen LogP contribution in [-0.2, 0) is 10.1 Å². The molecular weight excluding hydrogens is 170 g/mol. The molecule has 1 N–H and O–H groups in total. The molecular formula is C5H7NO4S. The SMILES string of the molecule is Cc1onc(S(=O)(=O)O)c1C. The van der Waals surface area contributed by atoms with Crippen LogP contribution in [0.1, 0.15) is 11.3 Å². The molecule has 0 radical (unpaired) electrons. The van der Waals surface area contributed by atoms with Gasteiger partial charge in [0.1, 0.15) is 5.76 Å². The molecule has 0 saturated heterocycles. The highest BCUT2D eigenvalue weighted by Gasteiger charge is 2.19. The predicted molar refractivity (Wildman–Crippen MR) is 35.8 cm³/mol. The molecule has 0 aliphatic rings. The van der Waals surface area contributed by atoms with Crippen LogP contribution < -0.4 is 0 Å². The van der Waals surface area contributed by atoms with Crippen LogP contribution in [0.2, 0.25) is 0 Å². The molecule has 0 atom stereocenters. The second kappa shape index (κ2) is 2.31. The fourth-order valence-electron chi connectivity index (χ4n) is 0.638. The zero-order chi connectivity index (χ0) is 8.65. The number of nitrogens with zero attached hydrogens (tertiary/aromatic N) is 1. The number of hydrogen-bond acceptors (Lipinski definition) is 4. The molecule has 5 nitrogen and oxygen atoms in total. The van der Waals surface area contributed by atoms with Crippen molar-refractivity contribution < 1.29 is 17.5 Å². The van der Waals surface area contributed by atoms with Crippen molar-refractivity contribution in [3.8, 4) is 0 Å². The summed E-state index contributed by atoms with van der Waals surface area (Å²) in [5.41, 5.74) is 0.340. The lowest BCUT2D eigenvalue weighted by Gasteiger charge is -1.88. The Balaban J connectivity index is 3.38. The van der Waals surface area contributed by atoms with Crippen LogP contribution in [0.3, 0.4) is 0 Å². The summed E-state index contributed by atoms with van der Waals surface area (Å²) in [6.45, 7) is 3.08. The lowest BCUT2D eigenvalue weighted by molar-refractivity contribution is 0.375. The maximum absolute atomic E-state index is 10.5. The second-order valence-electron chi connectivity index (χ2n) is 2.14. The lowest BCUT2D eigenvalue weighted by Crippen LogP contribution is -2.00. The van der Waals surface area contributed by atoms with Crippen LogP contribution in [0.25, 0.3) is 0 Å². The van der Waals surface area contributed by atoms with E-state index < -0.39 is 15.1 Å². The minimum absolute atomic E-state index is 0.340. The molecule has 6 heteroatoms. The van der Waals surface area contributed by atoms with E-state index in [-0.39, 0.29) is 0 Å². The Morgan fingerprint density at radius 3 is 2.18 bits per heavy atom. The maximum Gasteiger partial charge on any atom is 0.315 e. The van der Waals surface area contributed by atoms with Crippen molar-refractivity contribution in [1.82, 2.24) is 5.16 Å². The number of hydrogen-bond donors (Lipinski definition) is 1. The van der Waals surface area contributed by atoms with E-state index in [1.54, 1.807) is 6.92 Å². The molecule has 11 heavy (non-hydrogen) atoms. The van der Waals surface area contributed by atoms with Crippen molar-refractivity contribution in [3.05, 3.63) is 11.3 Å². The Labute approximate surface area is 63.8 Å². The number of aromatic nitrogens is 1. The highest BCUT2D eigenvalue weighted by Crippen LogP contribution is 2.15. The van der Waals surface area contributed by atoms with Gasteiger partial charge in [-0.1, -0.05) is 5.16 Å². The molecule has 1 aromatic heterocycles. The summed E-state index contributed by atoms with van der Waals surface area (Å²) in [6.07, 6.45) is 0. The summed E-state index contributed by atoms with van der Waals surface area (Å²) in [6, 6.07) is 0. The predicted octanol–water partition coefficient (Wildman–Crippen LogP) is 0.538. The first-order valence-electron chi connectivity index (χ1n) is 2.83. The van der Waals surface area contributed by atoms with E-state index in [0.717, 1.165) is 0 Å². The first-order chi connectivity index (χ1) is 4.93. The van der Waals surface area contributed by atoms with Gasteiger partial charge in [0.25, 0.3) is 0 Å². The van der Waals surface area contributed by atoms with Gasteiger partial charge in [0.15, 0.2) is 0 Å². The van der Waals surface area contributed by atoms with Gasteiger partial charge in [0.05, 0.1) is 0 Å². The fourth-order valence-corrected chi connectivity index (χ4v) is 1.30. The van der Waals surface area contributed by atoms with Gasteiger partial charge in [-0.3, -0.25) is 4.55 Å². The van der Waals surface area contributed by atoms with E-state index >= 15 is 0 Å². The van der Waals surface area contributed by atoms with E-state index in [1.165, 1.54) is 6.92 Å². The van der Waals surface area contributed by atoms with Crippen molar-refractivity contribution in [2.75, 3.05) is 0 Å². The van der Waals surface area contributed by atoms with E-state index in [1.807, 2.05) is 0 Å². The highest BCUT2D eigenvalue weighted by molar-refractivity contribution is 7.85. The van der Waals surface area contributed by atoms with Crippen molar-refractivity contribution >= 4 is 10.1 Å². The first kappa shape index (κ1) is 8.22. The summed E-state index contributed by atoms with van der Waals surface area (Å²) >= 11 is 0. The first-order valence-corrected chi connectivity index (χ1v) is 4.27. The normalized spacial score (nSPS) is 11.9. The Hall–Kier alpha value is -0.880. The Morgan fingerprint density at radius 2 is 2.00 bits per heavy atom. The Morgan fingerprint density at radius 1 is 1.45 bits per heavy atom. The average molecular weight is 177 g/mol. The van der Waals surface area contributed by atoms with Crippen LogP contribution in [-0.4, -0.2) is 18.1 Å².